The molecule has 4 aromatic rings. The first-order chi connectivity index (χ1) is 15.0. The molecule has 32 heavy (non-hydrogen) atoms. The van der Waals surface area contributed by atoms with Crippen LogP contribution in [0.5, 0.6) is 0 Å². The molecule has 0 saturated heterocycles. The molecule has 0 fully saturated rings. The van der Waals surface area contributed by atoms with E-state index >= 15 is 0 Å². The SMILES string of the molecule is CCC1(CC)C=C[n+]2c3c4c1cnc(C(C)(C)C)c4cc(C(C)(C)C)c3c1ccccn12. The van der Waals surface area contributed by atoms with Crippen molar-refractivity contribution in [3.05, 3.63) is 59.6 Å². The summed E-state index contributed by atoms with van der Waals surface area (Å²) in [6, 6.07) is 9.01. The van der Waals surface area contributed by atoms with Gasteiger partial charge in [0, 0.05) is 22.4 Å². The summed E-state index contributed by atoms with van der Waals surface area (Å²) in [6.07, 6.45) is 11.2. The van der Waals surface area contributed by atoms with Crippen LogP contribution in [0.25, 0.3) is 33.4 Å². The van der Waals surface area contributed by atoms with Gasteiger partial charge in [0.2, 0.25) is 0 Å². The van der Waals surface area contributed by atoms with Crippen LogP contribution in [-0.2, 0) is 16.2 Å². The summed E-state index contributed by atoms with van der Waals surface area (Å²) in [5.74, 6) is 0. The molecule has 0 amide bonds. The van der Waals surface area contributed by atoms with Gasteiger partial charge in [0.25, 0.3) is 5.52 Å². The van der Waals surface area contributed by atoms with Crippen molar-refractivity contribution in [2.24, 2.45) is 0 Å². The van der Waals surface area contributed by atoms with Gasteiger partial charge in [-0.3, -0.25) is 4.98 Å². The molecular weight excluding hydrogens is 390 g/mol. The number of allylic oxidation sites excluding steroid dienone is 1. The van der Waals surface area contributed by atoms with Crippen LogP contribution in [0.3, 0.4) is 0 Å². The number of nitrogens with zero attached hydrogens (tertiary/aromatic N) is 3. The molecular formula is C29H36N3+. The quantitative estimate of drug-likeness (QED) is 0.314. The fourth-order valence-electron chi connectivity index (χ4n) is 5.69. The molecule has 3 nitrogen and oxygen atoms in total. The Morgan fingerprint density at radius 1 is 0.969 bits per heavy atom. The molecule has 0 radical (unpaired) electrons. The third-order valence-electron chi connectivity index (χ3n) is 7.56. The first kappa shape index (κ1) is 21.2. The molecule has 0 saturated carbocycles. The maximum absolute atomic E-state index is 5.14. The number of hydrogen-bond donors (Lipinski definition) is 0. The van der Waals surface area contributed by atoms with Gasteiger partial charge in [0.05, 0.1) is 22.7 Å². The van der Waals surface area contributed by atoms with Gasteiger partial charge in [-0.05, 0) is 53.7 Å². The van der Waals surface area contributed by atoms with Gasteiger partial charge < -0.3 is 0 Å². The summed E-state index contributed by atoms with van der Waals surface area (Å²) < 4.78 is 4.70. The molecule has 3 heteroatoms. The van der Waals surface area contributed by atoms with Crippen molar-refractivity contribution in [2.45, 2.75) is 84.5 Å². The fourth-order valence-corrected chi connectivity index (χ4v) is 5.69. The van der Waals surface area contributed by atoms with E-state index in [-0.39, 0.29) is 16.2 Å². The lowest BCUT2D eigenvalue weighted by Crippen LogP contribution is -2.33. The van der Waals surface area contributed by atoms with E-state index in [1.807, 2.05) is 0 Å². The molecule has 4 heterocycles. The lowest BCUT2D eigenvalue weighted by atomic mass is 9.73. The molecule has 5 rings (SSSR count). The van der Waals surface area contributed by atoms with Crippen LogP contribution in [-0.4, -0.2) is 9.50 Å². The van der Waals surface area contributed by atoms with Crippen LogP contribution >= 0.6 is 0 Å². The standard InChI is InChI=1S/C29H36N3/c1-9-29(10-2)14-16-32-25-23-19(26(28(6,7)8)30-18-21(23)29)17-20(27(3,4)5)24(25)22-13-11-12-15-31(22)32/h11-18H,9-10H2,1-8H3/q+1. The molecule has 0 atom stereocenters. The van der Waals surface area contributed by atoms with E-state index in [4.69, 9.17) is 4.98 Å². The summed E-state index contributed by atoms with van der Waals surface area (Å²) >= 11 is 0. The fraction of sp³-hybridized carbons (Fsp3) is 0.448. The Bertz CT molecular complexity index is 1400. The smallest absolute Gasteiger partial charge is 0.254 e. The highest BCUT2D eigenvalue weighted by molar-refractivity contribution is 6.13. The third kappa shape index (κ3) is 2.73. The predicted octanol–water partition coefficient (Wildman–Crippen LogP) is 7.07. The van der Waals surface area contributed by atoms with Crippen molar-refractivity contribution >= 4 is 33.4 Å². The van der Waals surface area contributed by atoms with Gasteiger partial charge in [-0.2, -0.15) is 0 Å². The second-order valence-electron chi connectivity index (χ2n) is 11.5. The van der Waals surface area contributed by atoms with E-state index in [1.165, 1.54) is 44.0 Å². The van der Waals surface area contributed by atoms with Gasteiger partial charge >= 0.3 is 0 Å². The van der Waals surface area contributed by atoms with Crippen LogP contribution in [0.4, 0.5) is 0 Å². The lowest BCUT2D eigenvalue weighted by molar-refractivity contribution is -0.615. The van der Waals surface area contributed by atoms with E-state index in [0.29, 0.717) is 0 Å². The third-order valence-corrected chi connectivity index (χ3v) is 7.56. The number of hydrogen-bond acceptors (Lipinski definition) is 1. The van der Waals surface area contributed by atoms with E-state index in [9.17, 15) is 0 Å². The van der Waals surface area contributed by atoms with Crippen molar-refractivity contribution in [3.8, 4) is 0 Å². The molecule has 166 valence electrons. The first-order valence-corrected chi connectivity index (χ1v) is 12.0. The maximum atomic E-state index is 5.14. The average molecular weight is 427 g/mol. The van der Waals surface area contributed by atoms with E-state index < -0.39 is 0 Å². The Hall–Kier alpha value is -2.68. The largest absolute Gasteiger partial charge is 0.260 e. The van der Waals surface area contributed by atoms with Crippen molar-refractivity contribution in [1.29, 1.82) is 0 Å². The highest BCUT2D eigenvalue weighted by atomic mass is 15.3. The van der Waals surface area contributed by atoms with Gasteiger partial charge in [0.15, 0.2) is 6.20 Å². The Morgan fingerprint density at radius 2 is 1.69 bits per heavy atom. The lowest BCUT2D eigenvalue weighted by Gasteiger charge is -2.30. The second kappa shape index (κ2) is 6.66. The van der Waals surface area contributed by atoms with E-state index in [2.05, 4.69) is 114 Å². The number of pyridine rings is 2. The van der Waals surface area contributed by atoms with Crippen molar-refractivity contribution in [3.63, 3.8) is 0 Å². The normalized spacial score (nSPS) is 15.9. The molecule has 1 aliphatic heterocycles. The Kier molecular flexibility index (Phi) is 4.41. The molecule has 1 aliphatic rings. The molecule has 0 aliphatic carbocycles. The highest BCUT2D eigenvalue weighted by Gasteiger charge is 2.39. The Balaban J connectivity index is 2.17. The molecule has 3 aromatic heterocycles. The van der Waals surface area contributed by atoms with Gasteiger partial charge in [-0.1, -0.05) is 66.1 Å². The van der Waals surface area contributed by atoms with E-state index in [1.54, 1.807) is 0 Å². The zero-order valence-electron chi connectivity index (χ0n) is 20.9. The molecule has 1 aromatic carbocycles. The molecule has 0 unspecified atom stereocenters. The first-order valence-electron chi connectivity index (χ1n) is 12.0. The molecule has 0 N–H and O–H groups in total. The summed E-state index contributed by atoms with van der Waals surface area (Å²) in [5.41, 5.74) is 6.49. The average Bonchev–Trinajstić information content (AvgIpc) is 2.98. The predicted molar refractivity (Wildman–Crippen MR) is 135 cm³/mol. The van der Waals surface area contributed by atoms with Crippen LogP contribution < -0.4 is 4.68 Å². The summed E-state index contributed by atoms with van der Waals surface area (Å²) in [5, 5.41) is 4.06. The highest BCUT2D eigenvalue weighted by Crippen LogP contribution is 2.46. The zero-order valence-corrected chi connectivity index (χ0v) is 20.9. The number of aromatic nitrogens is 3. The zero-order chi connectivity index (χ0) is 23.1. The van der Waals surface area contributed by atoms with Crippen molar-refractivity contribution < 1.29 is 4.68 Å². The van der Waals surface area contributed by atoms with Gasteiger partial charge in [-0.25, -0.2) is 0 Å². The summed E-state index contributed by atoms with van der Waals surface area (Å²) in [6.45, 7) is 18.5. The molecule has 0 bridgehead atoms. The Labute approximate surface area is 191 Å². The maximum Gasteiger partial charge on any atom is 0.254 e. The summed E-state index contributed by atoms with van der Waals surface area (Å²) in [4.78, 5) is 5.14. The minimum atomic E-state index is -0.0355. The number of benzene rings is 1. The van der Waals surface area contributed by atoms with Crippen LogP contribution in [0, 0.1) is 0 Å². The van der Waals surface area contributed by atoms with Crippen LogP contribution in [0.15, 0.2) is 42.7 Å². The topological polar surface area (TPSA) is 21.2 Å². The minimum absolute atomic E-state index is 0.0114. The monoisotopic (exact) mass is 426 g/mol. The second-order valence-corrected chi connectivity index (χ2v) is 11.5. The van der Waals surface area contributed by atoms with E-state index in [0.717, 1.165) is 12.8 Å². The van der Waals surface area contributed by atoms with Gasteiger partial charge in [-0.15, -0.1) is 4.52 Å². The summed E-state index contributed by atoms with van der Waals surface area (Å²) in [7, 11) is 0. The number of rotatable bonds is 2. The van der Waals surface area contributed by atoms with Crippen molar-refractivity contribution in [1.82, 2.24) is 9.50 Å². The van der Waals surface area contributed by atoms with Crippen molar-refractivity contribution in [2.75, 3.05) is 0 Å². The van der Waals surface area contributed by atoms with Crippen LogP contribution in [0.2, 0.25) is 0 Å². The van der Waals surface area contributed by atoms with Gasteiger partial charge in [0.1, 0.15) is 5.52 Å². The van der Waals surface area contributed by atoms with Crippen LogP contribution in [0.1, 0.15) is 85.1 Å². The molecule has 0 spiro atoms. The minimum Gasteiger partial charge on any atom is -0.260 e. The Morgan fingerprint density at radius 3 is 2.31 bits per heavy atom. The number of fused-ring (bicyclic) bond motifs is 3.